The molecule has 1 N–H and O–H groups in total. The largest absolute Gasteiger partial charge is 0.385 e. The predicted molar refractivity (Wildman–Crippen MR) is 82.3 cm³/mol. The molecule has 1 aliphatic rings. The Balaban J connectivity index is 2.15. The van der Waals surface area contributed by atoms with Crippen LogP contribution in [0, 0.1) is 0 Å². The number of nitrogens with one attached hydrogen (secondary N) is 1. The average Bonchev–Trinajstić information content (AvgIpc) is 3.17. The first-order valence-corrected chi connectivity index (χ1v) is 7.51. The minimum atomic E-state index is -0.330. The molecule has 3 rings (SSSR count). The minimum Gasteiger partial charge on any atom is -0.385 e. The average molecular weight is 307 g/mol. The number of imidazole rings is 1. The fourth-order valence-corrected chi connectivity index (χ4v) is 2.99. The van der Waals surface area contributed by atoms with Crippen LogP contribution in [0.5, 0.6) is 0 Å². The molecule has 8 heteroatoms. The van der Waals surface area contributed by atoms with Gasteiger partial charge in [-0.25, -0.2) is 9.78 Å². The Hall–Kier alpha value is -1.93. The van der Waals surface area contributed by atoms with E-state index in [9.17, 15) is 9.59 Å². The molecule has 0 bridgehead atoms. The molecule has 1 unspecified atom stereocenters. The summed E-state index contributed by atoms with van der Waals surface area (Å²) in [6.07, 6.45) is 3.33. The molecule has 8 nitrogen and oxygen atoms in total. The second-order valence-corrected chi connectivity index (χ2v) is 5.62. The van der Waals surface area contributed by atoms with Crippen LogP contribution in [0.25, 0.3) is 11.2 Å². The molecule has 0 saturated carbocycles. The zero-order chi connectivity index (χ0) is 15.7. The summed E-state index contributed by atoms with van der Waals surface area (Å²) < 4.78 is 9.67. The van der Waals surface area contributed by atoms with Crippen LogP contribution >= 0.6 is 0 Å². The van der Waals surface area contributed by atoms with Gasteiger partial charge in [0.15, 0.2) is 11.2 Å². The van der Waals surface area contributed by atoms with Crippen molar-refractivity contribution in [2.24, 2.45) is 7.05 Å². The molecule has 2 aromatic heterocycles. The molecule has 22 heavy (non-hydrogen) atoms. The number of aromatic nitrogens is 4. The lowest BCUT2D eigenvalue weighted by Gasteiger charge is -2.13. The molecule has 3 heterocycles. The van der Waals surface area contributed by atoms with Gasteiger partial charge >= 0.3 is 5.69 Å². The third-order valence-corrected chi connectivity index (χ3v) is 4.21. The lowest BCUT2D eigenvalue weighted by Crippen LogP contribution is -2.39. The highest BCUT2D eigenvalue weighted by molar-refractivity contribution is 5.70. The molecule has 120 valence electrons. The molecule has 2 aromatic rings. The Kier molecular flexibility index (Phi) is 4.12. The maximum Gasteiger partial charge on any atom is 0.332 e. The van der Waals surface area contributed by atoms with Gasteiger partial charge in [-0.1, -0.05) is 0 Å². The number of fused-ring (bicyclic) bond motifs is 1. The predicted octanol–water partition coefficient (Wildman–Crippen LogP) is -0.532. The van der Waals surface area contributed by atoms with E-state index in [1.54, 1.807) is 18.0 Å². The Bertz CT molecular complexity index is 782. The van der Waals surface area contributed by atoms with E-state index in [0.717, 1.165) is 24.1 Å². The van der Waals surface area contributed by atoms with Crippen LogP contribution in [-0.4, -0.2) is 45.5 Å². The fraction of sp³-hybridized carbons (Fsp3) is 0.643. The van der Waals surface area contributed by atoms with Gasteiger partial charge in [-0.05, 0) is 19.4 Å². The van der Waals surface area contributed by atoms with Crippen molar-refractivity contribution in [3.63, 3.8) is 0 Å². The number of hydrogen-bond donors (Lipinski definition) is 1. The zero-order valence-corrected chi connectivity index (χ0v) is 12.9. The summed E-state index contributed by atoms with van der Waals surface area (Å²) in [7, 11) is 3.14. The van der Waals surface area contributed by atoms with Crippen LogP contribution in [-0.2, 0) is 18.3 Å². The van der Waals surface area contributed by atoms with Gasteiger partial charge in [-0.2, -0.15) is 0 Å². The van der Waals surface area contributed by atoms with Gasteiger partial charge in [0.1, 0.15) is 0 Å². The maximum atomic E-state index is 12.5. The summed E-state index contributed by atoms with van der Waals surface area (Å²) >= 11 is 0. The molecule has 1 fully saturated rings. The standard InChI is InChI=1S/C14H21N5O3/c1-17-13(20)11-12(18(14(17)21)6-3-7-22-2)16-9-19(11)10-4-5-15-8-10/h9-10,15H,3-8H2,1-2H3. The number of hydrogen-bond acceptors (Lipinski definition) is 5. The summed E-state index contributed by atoms with van der Waals surface area (Å²) in [5.41, 5.74) is 0.361. The van der Waals surface area contributed by atoms with Gasteiger partial charge in [0.25, 0.3) is 5.56 Å². The van der Waals surface area contributed by atoms with Crippen LogP contribution in [0.3, 0.4) is 0 Å². The fourth-order valence-electron chi connectivity index (χ4n) is 2.99. The number of nitrogens with zero attached hydrogens (tertiary/aromatic N) is 4. The molecule has 0 aromatic carbocycles. The number of methoxy groups -OCH3 is 1. The van der Waals surface area contributed by atoms with Gasteiger partial charge in [-0.3, -0.25) is 13.9 Å². The molecular weight excluding hydrogens is 286 g/mol. The smallest absolute Gasteiger partial charge is 0.332 e. The molecule has 0 spiro atoms. The lowest BCUT2D eigenvalue weighted by molar-refractivity contribution is 0.190. The van der Waals surface area contributed by atoms with Gasteiger partial charge in [-0.15, -0.1) is 0 Å². The lowest BCUT2D eigenvalue weighted by atomic mass is 10.2. The first kappa shape index (κ1) is 15.0. The summed E-state index contributed by atoms with van der Waals surface area (Å²) in [6.45, 7) is 2.79. The SMILES string of the molecule is COCCCn1c(=O)n(C)c(=O)c2c1ncn2C1CCNC1. The van der Waals surface area contributed by atoms with Crippen molar-refractivity contribution in [2.75, 3.05) is 26.8 Å². The van der Waals surface area contributed by atoms with Crippen LogP contribution in [0.15, 0.2) is 15.9 Å². The Labute approximate surface area is 127 Å². The summed E-state index contributed by atoms with van der Waals surface area (Å²) in [6, 6.07) is 0.211. The van der Waals surface area contributed by atoms with Gasteiger partial charge in [0.05, 0.1) is 6.33 Å². The van der Waals surface area contributed by atoms with E-state index in [2.05, 4.69) is 10.3 Å². The van der Waals surface area contributed by atoms with E-state index in [1.807, 2.05) is 4.57 Å². The molecule has 1 atom stereocenters. The molecule has 1 saturated heterocycles. The van der Waals surface area contributed by atoms with E-state index in [0.29, 0.717) is 30.7 Å². The first-order chi connectivity index (χ1) is 10.6. The van der Waals surface area contributed by atoms with Crippen molar-refractivity contribution in [1.29, 1.82) is 0 Å². The topological polar surface area (TPSA) is 83.1 Å². The maximum absolute atomic E-state index is 12.5. The Morgan fingerprint density at radius 1 is 1.45 bits per heavy atom. The highest BCUT2D eigenvalue weighted by atomic mass is 16.5. The normalized spacial score (nSPS) is 18.4. The summed E-state index contributed by atoms with van der Waals surface area (Å²) in [4.78, 5) is 29.2. The Morgan fingerprint density at radius 2 is 2.27 bits per heavy atom. The minimum absolute atomic E-state index is 0.211. The Morgan fingerprint density at radius 3 is 2.95 bits per heavy atom. The van der Waals surface area contributed by atoms with Crippen LogP contribution in [0.2, 0.25) is 0 Å². The second kappa shape index (κ2) is 6.05. The van der Waals surface area contributed by atoms with Crippen molar-refractivity contribution in [1.82, 2.24) is 24.0 Å². The van der Waals surface area contributed by atoms with Crippen molar-refractivity contribution >= 4 is 11.2 Å². The second-order valence-electron chi connectivity index (χ2n) is 5.62. The third-order valence-electron chi connectivity index (χ3n) is 4.21. The van der Waals surface area contributed by atoms with Crippen molar-refractivity contribution in [2.45, 2.75) is 25.4 Å². The van der Waals surface area contributed by atoms with E-state index in [4.69, 9.17) is 4.74 Å². The van der Waals surface area contributed by atoms with Gasteiger partial charge < -0.3 is 14.6 Å². The summed E-state index contributed by atoms with van der Waals surface area (Å²) in [5.74, 6) is 0. The van der Waals surface area contributed by atoms with Gasteiger partial charge in [0, 0.05) is 39.9 Å². The van der Waals surface area contributed by atoms with Crippen molar-refractivity contribution in [3.8, 4) is 0 Å². The summed E-state index contributed by atoms with van der Waals surface area (Å²) in [5, 5.41) is 3.28. The molecule has 0 amide bonds. The van der Waals surface area contributed by atoms with E-state index >= 15 is 0 Å². The van der Waals surface area contributed by atoms with Crippen molar-refractivity contribution < 1.29 is 4.74 Å². The highest BCUT2D eigenvalue weighted by Crippen LogP contribution is 2.19. The van der Waals surface area contributed by atoms with Crippen molar-refractivity contribution in [3.05, 3.63) is 27.2 Å². The number of aryl methyl sites for hydroxylation is 1. The van der Waals surface area contributed by atoms with Crippen LogP contribution < -0.4 is 16.6 Å². The number of ether oxygens (including phenoxy) is 1. The first-order valence-electron chi connectivity index (χ1n) is 7.51. The van der Waals surface area contributed by atoms with Crippen LogP contribution in [0.4, 0.5) is 0 Å². The number of rotatable bonds is 5. The van der Waals surface area contributed by atoms with E-state index < -0.39 is 0 Å². The zero-order valence-electron chi connectivity index (χ0n) is 12.9. The monoisotopic (exact) mass is 307 g/mol. The van der Waals surface area contributed by atoms with Gasteiger partial charge in [0.2, 0.25) is 0 Å². The molecule has 0 aliphatic carbocycles. The highest BCUT2D eigenvalue weighted by Gasteiger charge is 2.22. The molecule has 0 radical (unpaired) electrons. The third kappa shape index (κ3) is 2.38. The van der Waals surface area contributed by atoms with E-state index in [-0.39, 0.29) is 17.3 Å². The quantitative estimate of drug-likeness (QED) is 0.751. The molecule has 1 aliphatic heterocycles. The van der Waals surface area contributed by atoms with E-state index in [1.165, 1.54) is 7.05 Å². The molecular formula is C14H21N5O3. The van der Waals surface area contributed by atoms with Crippen LogP contribution in [0.1, 0.15) is 18.9 Å².